The largest absolute Gasteiger partial charge is 0.324 e. The average Bonchev–Trinajstić information content (AvgIpc) is 2.81. The molecular weight excluding hydrogens is 369 g/mol. The van der Waals surface area contributed by atoms with Crippen LogP contribution in [-0.4, -0.2) is 20.9 Å². The minimum absolute atomic E-state index is 0.116. The molecule has 1 aromatic heterocycles. The molecule has 1 heterocycles. The summed E-state index contributed by atoms with van der Waals surface area (Å²) in [6, 6.07) is 5.67. The van der Waals surface area contributed by atoms with Gasteiger partial charge in [-0.05, 0) is 60.2 Å². The first-order valence-electron chi connectivity index (χ1n) is 6.17. The minimum atomic E-state index is -0.190. The van der Waals surface area contributed by atoms with E-state index in [2.05, 4.69) is 38.2 Å². The Balaban J connectivity index is 2.01. The van der Waals surface area contributed by atoms with E-state index in [1.54, 1.807) is 6.20 Å². The number of nitrogens with two attached hydrogens (primary N) is 1. The highest BCUT2D eigenvalue weighted by molar-refractivity contribution is 14.1. The summed E-state index contributed by atoms with van der Waals surface area (Å²) in [5, 5.41) is 10.7. The Morgan fingerprint density at radius 3 is 2.90 bits per heavy atom. The number of aromatic nitrogens is 3. The Hall–Kier alpha value is -1.48. The smallest absolute Gasteiger partial charge is 0.246 e. The van der Waals surface area contributed by atoms with Gasteiger partial charge in [0.15, 0.2) is 0 Å². The topological polar surface area (TPSA) is 85.8 Å². The number of nitrogens with zero attached hydrogens (tertiary/aromatic N) is 3. The van der Waals surface area contributed by atoms with Crippen molar-refractivity contribution in [2.45, 2.75) is 26.4 Å². The van der Waals surface area contributed by atoms with Crippen LogP contribution < -0.4 is 11.1 Å². The second kappa shape index (κ2) is 6.31. The summed E-state index contributed by atoms with van der Waals surface area (Å²) >= 11 is 2.24. The van der Waals surface area contributed by atoms with Crippen molar-refractivity contribution in [3.05, 3.63) is 39.2 Å². The number of halogens is 1. The highest BCUT2D eigenvalue weighted by atomic mass is 127. The van der Waals surface area contributed by atoms with Gasteiger partial charge in [0.1, 0.15) is 6.54 Å². The fraction of sp³-hybridized carbons (Fsp3) is 0.308. The molecule has 0 aliphatic carbocycles. The van der Waals surface area contributed by atoms with Crippen molar-refractivity contribution in [3.8, 4) is 0 Å². The minimum Gasteiger partial charge on any atom is -0.324 e. The van der Waals surface area contributed by atoms with Crippen LogP contribution in [0.3, 0.4) is 0 Å². The van der Waals surface area contributed by atoms with Gasteiger partial charge < -0.3 is 11.1 Å². The normalized spacial score (nSPS) is 12.2. The number of hydrogen-bond acceptors (Lipinski definition) is 4. The summed E-state index contributed by atoms with van der Waals surface area (Å²) in [5.74, 6) is -0.143. The molecule has 1 unspecified atom stereocenters. The van der Waals surface area contributed by atoms with E-state index in [4.69, 9.17) is 5.73 Å². The van der Waals surface area contributed by atoms with Gasteiger partial charge in [-0.15, -0.1) is 5.10 Å². The van der Waals surface area contributed by atoms with E-state index in [0.717, 1.165) is 14.8 Å². The zero-order valence-corrected chi connectivity index (χ0v) is 13.5. The molecule has 7 heteroatoms. The van der Waals surface area contributed by atoms with Crippen molar-refractivity contribution in [2.75, 3.05) is 5.32 Å². The summed E-state index contributed by atoms with van der Waals surface area (Å²) in [6.45, 7) is 3.90. The maximum absolute atomic E-state index is 12.0. The van der Waals surface area contributed by atoms with Crippen molar-refractivity contribution in [1.29, 1.82) is 0 Å². The van der Waals surface area contributed by atoms with Crippen LogP contribution in [0.25, 0.3) is 0 Å². The van der Waals surface area contributed by atoms with Crippen molar-refractivity contribution in [3.63, 3.8) is 0 Å². The van der Waals surface area contributed by atoms with Crippen molar-refractivity contribution in [2.24, 2.45) is 5.73 Å². The molecule has 0 aliphatic heterocycles. The van der Waals surface area contributed by atoms with Gasteiger partial charge in [-0.1, -0.05) is 5.21 Å². The third-order valence-corrected chi connectivity index (χ3v) is 3.46. The molecule has 0 fully saturated rings. The summed E-state index contributed by atoms with van der Waals surface area (Å²) in [7, 11) is 0. The number of amides is 1. The zero-order valence-electron chi connectivity index (χ0n) is 11.3. The van der Waals surface area contributed by atoms with E-state index in [0.29, 0.717) is 5.69 Å². The van der Waals surface area contributed by atoms with E-state index in [9.17, 15) is 4.79 Å². The fourth-order valence-electron chi connectivity index (χ4n) is 1.70. The number of nitrogens with one attached hydrogen (secondary N) is 1. The molecule has 1 atom stereocenters. The standard InChI is InChI=1S/C13H16IN5O/c1-8-5-10(14)3-4-11(8)16-13(20)7-19-6-12(9(2)15)17-18-19/h3-6,9H,7,15H2,1-2H3,(H,16,20). The van der Waals surface area contributed by atoms with Crippen LogP contribution >= 0.6 is 22.6 Å². The lowest BCUT2D eigenvalue weighted by molar-refractivity contribution is -0.116. The molecule has 2 aromatic rings. The number of carbonyl (C=O) groups excluding carboxylic acids is 1. The van der Waals surface area contributed by atoms with E-state index >= 15 is 0 Å². The maximum atomic E-state index is 12.0. The van der Waals surface area contributed by atoms with Crippen LogP contribution in [0.4, 0.5) is 5.69 Å². The number of rotatable bonds is 4. The third-order valence-electron chi connectivity index (χ3n) is 2.79. The first-order valence-corrected chi connectivity index (χ1v) is 7.25. The lowest BCUT2D eigenvalue weighted by atomic mass is 10.2. The maximum Gasteiger partial charge on any atom is 0.246 e. The number of carbonyl (C=O) groups is 1. The van der Waals surface area contributed by atoms with Crippen LogP contribution in [0.1, 0.15) is 24.2 Å². The van der Waals surface area contributed by atoms with Gasteiger partial charge in [-0.25, -0.2) is 4.68 Å². The lowest BCUT2D eigenvalue weighted by Gasteiger charge is -2.08. The SMILES string of the molecule is Cc1cc(I)ccc1NC(=O)Cn1cc(C(C)N)nn1. The first-order chi connectivity index (χ1) is 9.45. The molecule has 20 heavy (non-hydrogen) atoms. The third kappa shape index (κ3) is 3.76. The molecule has 0 saturated heterocycles. The fourth-order valence-corrected chi connectivity index (χ4v) is 2.35. The molecule has 1 amide bonds. The molecule has 2 rings (SSSR count). The molecule has 0 bridgehead atoms. The Morgan fingerprint density at radius 2 is 2.30 bits per heavy atom. The van der Waals surface area contributed by atoms with E-state index < -0.39 is 0 Å². The second-order valence-electron chi connectivity index (χ2n) is 4.64. The summed E-state index contributed by atoms with van der Waals surface area (Å²) < 4.78 is 2.62. The predicted molar refractivity (Wildman–Crippen MR) is 85.2 cm³/mol. The Kier molecular flexibility index (Phi) is 4.71. The molecule has 106 valence electrons. The molecule has 0 aliphatic rings. The predicted octanol–water partition coefficient (Wildman–Crippen LogP) is 1.85. The Morgan fingerprint density at radius 1 is 1.55 bits per heavy atom. The van der Waals surface area contributed by atoms with Crippen LogP contribution in [-0.2, 0) is 11.3 Å². The van der Waals surface area contributed by atoms with Crippen LogP contribution in [0, 0.1) is 10.5 Å². The quantitative estimate of drug-likeness (QED) is 0.787. The summed E-state index contributed by atoms with van der Waals surface area (Å²) in [5.41, 5.74) is 8.20. The van der Waals surface area contributed by atoms with Gasteiger partial charge in [0, 0.05) is 15.3 Å². The van der Waals surface area contributed by atoms with Gasteiger partial charge in [0.2, 0.25) is 5.91 Å². The van der Waals surface area contributed by atoms with Gasteiger partial charge >= 0.3 is 0 Å². The second-order valence-corrected chi connectivity index (χ2v) is 5.88. The number of anilines is 1. The van der Waals surface area contributed by atoms with Gasteiger partial charge in [-0.3, -0.25) is 4.79 Å². The molecule has 0 radical (unpaired) electrons. The number of benzene rings is 1. The highest BCUT2D eigenvalue weighted by Gasteiger charge is 2.09. The molecule has 3 N–H and O–H groups in total. The van der Waals surface area contributed by atoms with E-state index in [1.807, 2.05) is 32.0 Å². The molecular formula is C13H16IN5O. The average molecular weight is 385 g/mol. The summed E-state index contributed by atoms with van der Waals surface area (Å²) in [4.78, 5) is 12.0. The first kappa shape index (κ1) is 14.9. The molecule has 1 aromatic carbocycles. The van der Waals surface area contributed by atoms with Gasteiger partial charge in [0.25, 0.3) is 0 Å². The zero-order chi connectivity index (χ0) is 14.7. The lowest BCUT2D eigenvalue weighted by Crippen LogP contribution is -2.19. The summed E-state index contributed by atoms with van der Waals surface area (Å²) in [6.07, 6.45) is 1.69. The number of aryl methyl sites for hydroxylation is 1. The van der Waals surface area contributed by atoms with Crippen molar-refractivity contribution in [1.82, 2.24) is 15.0 Å². The molecule has 6 nitrogen and oxygen atoms in total. The monoisotopic (exact) mass is 385 g/mol. The van der Waals surface area contributed by atoms with Gasteiger partial charge in [-0.2, -0.15) is 0 Å². The molecule has 0 saturated carbocycles. The van der Waals surface area contributed by atoms with Crippen molar-refractivity contribution >= 4 is 34.2 Å². The highest BCUT2D eigenvalue weighted by Crippen LogP contribution is 2.17. The van der Waals surface area contributed by atoms with Crippen LogP contribution in [0.5, 0.6) is 0 Å². The Bertz CT molecular complexity index is 623. The van der Waals surface area contributed by atoms with Crippen LogP contribution in [0.2, 0.25) is 0 Å². The van der Waals surface area contributed by atoms with E-state index in [1.165, 1.54) is 4.68 Å². The van der Waals surface area contributed by atoms with E-state index in [-0.39, 0.29) is 18.5 Å². The molecule has 0 spiro atoms. The van der Waals surface area contributed by atoms with Crippen molar-refractivity contribution < 1.29 is 4.79 Å². The van der Waals surface area contributed by atoms with Gasteiger partial charge in [0.05, 0.1) is 11.9 Å². The number of hydrogen-bond donors (Lipinski definition) is 2. The van der Waals surface area contributed by atoms with Crippen LogP contribution in [0.15, 0.2) is 24.4 Å². The Labute approximate surface area is 130 Å².